The number of para-hydroxylation sites is 3. The molecule has 0 saturated heterocycles. The molecule has 2 heterocycles. The van der Waals surface area contributed by atoms with Gasteiger partial charge in [-0.1, -0.05) is 146 Å². The summed E-state index contributed by atoms with van der Waals surface area (Å²) in [7, 11) is 0. The molecule has 0 amide bonds. The molecule has 0 aliphatic rings. The highest BCUT2D eigenvalue weighted by atomic mass is 16.3. The van der Waals surface area contributed by atoms with Crippen LogP contribution in [-0.4, -0.2) is 4.57 Å². The molecule has 55 heavy (non-hydrogen) atoms. The van der Waals surface area contributed by atoms with Gasteiger partial charge in [0, 0.05) is 38.8 Å². The number of aromatic nitrogens is 1. The third kappa shape index (κ3) is 5.05. The summed E-state index contributed by atoms with van der Waals surface area (Å²) in [5.41, 5.74) is 12.9. The molecule has 258 valence electrons. The molecule has 3 nitrogen and oxygen atoms in total. The Bertz CT molecular complexity index is 3190. The Morgan fingerprint density at radius 2 is 1.00 bits per heavy atom. The van der Waals surface area contributed by atoms with Gasteiger partial charge >= 0.3 is 0 Å². The zero-order valence-corrected chi connectivity index (χ0v) is 29.9. The number of rotatable bonds is 6. The van der Waals surface area contributed by atoms with Gasteiger partial charge in [0.25, 0.3) is 0 Å². The molecule has 0 atom stereocenters. The average molecular weight is 703 g/mol. The van der Waals surface area contributed by atoms with Crippen LogP contribution in [-0.2, 0) is 0 Å². The summed E-state index contributed by atoms with van der Waals surface area (Å²) in [5, 5.41) is 7.08. The van der Waals surface area contributed by atoms with E-state index in [1.54, 1.807) is 0 Å². The molecule has 0 fully saturated rings. The highest BCUT2D eigenvalue weighted by Gasteiger charge is 2.22. The molecular weight excluding hydrogens is 669 g/mol. The molecule has 0 radical (unpaired) electrons. The Labute approximate surface area is 318 Å². The lowest BCUT2D eigenvalue weighted by molar-refractivity contribution is 0.674. The minimum atomic E-state index is 0.884. The number of furan rings is 1. The number of hydrogen-bond acceptors (Lipinski definition) is 2. The maximum Gasteiger partial charge on any atom is 0.161 e. The minimum Gasteiger partial charge on any atom is -0.453 e. The maximum absolute atomic E-state index is 6.95. The zero-order chi connectivity index (χ0) is 36.3. The fraction of sp³-hybridized carbons (Fsp3) is 0. The van der Waals surface area contributed by atoms with E-state index >= 15 is 0 Å². The summed E-state index contributed by atoms with van der Waals surface area (Å²) in [6.45, 7) is 0. The molecular formula is C52H34N2O. The number of benzene rings is 9. The predicted octanol–water partition coefficient (Wildman–Crippen LogP) is 14.6. The van der Waals surface area contributed by atoms with Gasteiger partial charge in [0.2, 0.25) is 0 Å². The normalized spacial score (nSPS) is 11.6. The van der Waals surface area contributed by atoms with Gasteiger partial charge in [-0.3, -0.25) is 0 Å². The van der Waals surface area contributed by atoms with Crippen LogP contribution in [0.2, 0.25) is 0 Å². The largest absolute Gasteiger partial charge is 0.453 e. The van der Waals surface area contributed by atoms with E-state index in [0.717, 1.165) is 66.8 Å². The van der Waals surface area contributed by atoms with E-state index in [4.69, 9.17) is 4.42 Å². The van der Waals surface area contributed by atoms with Crippen molar-refractivity contribution in [1.29, 1.82) is 0 Å². The monoisotopic (exact) mass is 702 g/mol. The van der Waals surface area contributed by atoms with Gasteiger partial charge in [0.15, 0.2) is 5.58 Å². The van der Waals surface area contributed by atoms with Crippen LogP contribution in [0.4, 0.5) is 17.1 Å². The average Bonchev–Trinajstić information content (AvgIpc) is 3.80. The molecule has 0 aliphatic heterocycles. The fourth-order valence-corrected chi connectivity index (χ4v) is 8.46. The Kier molecular flexibility index (Phi) is 7.17. The molecule has 2 aromatic heterocycles. The molecule has 0 saturated carbocycles. The summed E-state index contributed by atoms with van der Waals surface area (Å²) >= 11 is 0. The number of anilines is 3. The van der Waals surface area contributed by atoms with E-state index in [1.807, 2.05) is 0 Å². The first kappa shape index (κ1) is 31.2. The second kappa shape index (κ2) is 12.6. The first-order valence-corrected chi connectivity index (χ1v) is 18.8. The van der Waals surface area contributed by atoms with Crippen molar-refractivity contribution in [2.24, 2.45) is 0 Å². The maximum atomic E-state index is 6.95. The van der Waals surface area contributed by atoms with Crippen LogP contribution >= 0.6 is 0 Å². The SMILES string of the molecule is c1ccc(-c2ccc(N(c3cccc(-c4cccc5c4oc4c6ccccc6n(-c6ccccc6)c54)c3)c3cc4ccccc4c4ccccc34)cc2)cc1. The van der Waals surface area contributed by atoms with Crippen LogP contribution in [0.25, 0.3) is 82.5 Å². The summed E-state index contributed by atoms with van der Waals surface area (Å²) < 4.78 is 9.29. The summed E-state index contributed by atoms with van der Waals surface area (Å²) in [4.78, 5) is 2.41. The van der Waals surface area contributed by atoms with Gasteiger partial charge in [-0.2, -0.15) is 0 Å². The summed E-state index contributed by atoms with van der Waals surface area (Å²) in [5.74, 6) is 0. The van der Waals surface area contributed by atoms with E-state index in [9.17, 15) is 0 Å². The Morgan fingerprint density at radius 3 is 1.82 bits per heavy atom. The number of nitrogens with zero attached hydrogens (tertiary/aromatic N) is 2. The van der Waals surface area contributed by atoms with E-state index in [2.05, 4.69) is 216 Å². The first-order valence-electron chi connectivity index (χ1n) is 18.8. The van der Waals surface area contributed by atoms with E-state index in [-0.39, 0.29) is 0 Å². The van der Waals surface area contributed by atoms with Crippen molar-refractivity contribution in [2.45, 2.75) is 0 Å². The van der Waals surface area contributed by atoms with Crippen molar-refractivity contribution in [3.05, 3.63) is 206 Å². The van der Waals surface area contributed by atoms with Crippen LogP contribution < -0.4 is 4.90 Å². The lowest BCUT2D eigenvalue weighted by Gasteiger charge is -2.28. The van der Waals surface area contributed by atoms with Crippen molar-refractivity contribution >= 4 is 71.6 Å². The lowest BCUT2D eigenvalue weighted by Crippen LogP contribution is -2.10. The van der Waals surface area contributed by atoms with Crippen molar-refractivity contribution in [3.63, 3.8) is 0 Å². The molecule has 11 rings (SSSR count). The third-order valence-corrected chi connectivity index (χ3v) is 11.0. The molecule has 0 bridgehead atoms. The molecule has 3 heteroatoms. The highest BCUT2D eigenvalue weighted by molar-refractivity contribution is 6.19. The van der Waals surface area contributed by atoms with Gasteiger partial charge in [0.05, 0.1) is 11.2 Å². The number of fused-ring (bicyclic) bond motifs is 8. The standard InChI is InChI=1S/C52H34N2O/c1-3-15-35(16-4-1)36-29-31-40(32-30-36)53(49-34-38-17-7-8-22-42(38)44-23-9-10-24-45(44)49)41-21-13-18-37(33-41)43-26-14-27-47-50-52(55-51(43)47)46-25-11-12-28-48(46)54(50)39-19-5-2-6-20-39/h1-34H. The van der Waals surface area contributed by atoms with Gasteiger partial charge in [-0.05, 0) is 93.5 Å². The summed E-state index contributed by atoms with van der Waals surface area (Å²) in [6, 6.07) is 73.8. The predicted molar refractivity (Wildman–Crippen MR) is 231 cm³/mol. The minimum absolute atomic E-state index is 0.884. The molecule has 0 unspecified atom stereocenters. The first-order chi connectivity index (χ1) is 27.3. The van der Waals surface area contributed by atoms with Crippen LogP contribution in [0.3, 0.4) is 0 Å². The second-order valence-electron chi connectivity index (χ2n) is 14.1. The van der Waals surface area contributed by atoms with Crippen LogP contribution in [0, 0.1) is 0 Å². The molecule has 0 N–H and O–H groups in total. The van der Waals surface area contributed by atoms with Gasteiger partial charge in [-0.15, -0.1) is 0 Å². The third-order valence-electron chi connectivity index (χ3n) is 11.0. The Hall–Kier alpha value is -7.36. The van der Waals surface area contributed by atoms with Gasteiger partial charge < -0.3 is 13.9 Å². The molecule has 11 aromatic rings. The van der Waals surface area contributed by atoms with Crippen molar-refractivity contribution < 1.29 is 4.42 Å². The zero-order valence-electron chi connectivity index (χ0n) is 29.9. The van der Waals surface area contributed by atoms with E-state index in [1.165, 1.54) is 32.7 Å². The second-order valence-corrected chi connectivity index (χ2v) is 14.1. The quantitative estimate of drug-likeness (QED) is 0.161. The van der Waals surface area contributed by atoms with Crippen molar-refractivity contribution in [2.75, 3.05) is 4.90 Å². The molecule has 9 aromatic carbocycles. The smallest absolute Gasteiger partial charge is 0.161 e. The highest BCUT2D eigenvalue weighted by Crippen LogP contribution is 2.45. The van der Waals surface area contributed by atoms with Crippen LogP contribution in [0.1, 0.15) is 0 Å². The fourth-order valence-electron chi connectivity index (χ4n) is 8.46. The topological polar surface area (TPSA) is 21.3 Å². The Morgan fingerprint density at radius 1 is 0.382 bits per heavy atom. The Balaban J connectivity index is 1.13. The van der Waals surface area contributed by atoms with Crippen LogP contribution in [0.15, 0.2) is 211 Å². The van der Waals surface area contributed by atoms with Gasteiger partial charge in [0.1, 0.15) is 11.1 Å². The van der Waals surface area contributed by atoms with Crippen LogP contribution in [0.5, 0.6) is 0 Å². The lowest BCUT2D eigenvalue weighted by atomic mass is 9.98. The van der Waals surface area contributed by atoms with Crippen molar-refractivity contribution in [3.8, 4) is 27.9 Å². The van der Waals surface area contributed by atoms with Crippen molar-refractivity contribution in [1.82, 2.24) is 4.57 Å². The number of hydrogen-bond donors (Lipinski definition) is 0. The molecule has 0 aliphatic carbocycles. The summed E-state index contributed by atoms with van der Waals surface area (Å²) in [6.07, 6.45) is 0. The molecule has 0 spiro atoms. The van der Waals surface area contributed by atoms with E-state index < -0.39 is 0 Å². The van der Waals surface area contributed by atoms with Gasteiger partial charge in [-0.25, -0.2) is 0 Å². The van der Waals surface area contributed by atoms with E-state index in [0.29, 0.717) is 0 Å².